The molecule has 29 heavy (non-hydrogen) atoms. The van der Waals surface area contributed by atoms with Crippen LogP contribution in [0.1, 0.15) is 32.8 Å². The number of hydrogen-bond acceptors (Lipinski definition) is 5. The Hall–Kier alpha value is -2.97. The number of hydrogen-bond donors (Lipinski definition) is 3. The summed E-state index contributed by atoms with van der Waals surface area (Å²) in [7, 11) is 1.73. The summed E-state index contributed by atoms with van der Waals surface area (Å²) in [5.41, 5.74) is 5.57. The molecule has 2 rings (SSSR count). The summed E-state index contributed by atoms with van der Waals surface area (Å²) in [4.78, 5) is 29.2. The fraction of sp³-hybridized carbons (Fsp3) is 0.550. The maximum Gasteiger partial charge on any atom is 0.407 e. The van der Waals surface area contributed by atoms with Gasteiger partial charge in [0.15, 0.2) is 12.6 Å². The molecule has 1 aromatic rings. The largest absolute Gasteiger partial charge is 0.484 e. The number of alkyl carbamates (subject to hydrolysis) is 1. The molecule has 1 aliphatic rings. The number of primary amides is 1. The highest BCUT2D eigenvalue weighted by molar-refractivity contribution is 5.80. The molecular weight excluding hydrogens is 374 g/mol. The van der Waals surface area contributed by atoms with Crippen molar-refractivity contribution in [2.24, 2.45) is 10.7 Å². The van der Waals surface area contributed by atoms with Gasteiger partial charge in [-0.05, 0) is 44.9 Å². The number of guanidine groups is 1. The molecule has 0 aliphatic carbocycles. The van der Waals surface area contributed by atoms with Crippen molar-refractivity contribution in [3.8, 4) is 5.75 Å². The number of likely N-dealkylation sites (tertiary alicyclic amines) is 1. The SMILES string of the molecule is CN=C(NCc1cccc(OCC(N)=O)c1)N1CCC(NC(=O)OC(C)(C)C)C1. The number of carbonyl (C=O) groups excluding carboxylic acids is 2. The smallest absolute Gasteiger partial charge is 0.407 e. The van der Waals surface area contributed by atoms with E-state index in [1.807, 2.05) is 39.0 Å². The predicted molar refractivity (Wildman–Crippen MR) is 111 cm³/mol. The number of nitrogens with zero attached hydrogens (tertiary/aromatic N) is 2. The summed E-state index contributed by atoms with van der Waals surface area (Å²) in [6.07, 6.45) is 0.413. The van der Waals surface area contributed by atoms with Gasteiger partial charge in [-0.15, -0.1) is 0 Å². The van der Waals surface area contributed by atoms with Gasteiger partial charge in [-0.1, -0.05) is 12.1 Å². The summed E-state index contributed by atoms with van der Waals surface area (Å²) in [5.74, 6) is 0.820. The van der Waals surface area contributed by atoms with Gasteiger partial charge >= 0.3 is 6.09 Å². The zero-order chi connectivity index (χ0) is 21.4. The van der Waals surface area contributed by atoms with Crippen molar-refractivity contribution in [3.63, 3.8) is 0 Å². The van der Waals surface area contributed by atoms with Gasteiger partial charge in [0.25, 0.3) is 5.91 Å². The second-order valence-electron chi connectivity index (χ2n) is 7.88. The predicted octanol–water partition coefficient (Wildman–Crippen LogP) is 1.23. The summed E-state index contributed by atoms with van der Waals surface area (Å²) >= 11 is 0. The molecule has 4 N–H and O–H groups in total. The molecule has 1 saturated heterocycles. The summed E-state index contributed by atoms with van der Waals surface area (Å²) in [5, 5.41) is 6.23. The van der Waals surface area contributed by atoms with Crippen LogP contribution in [-0.4, -0.2) is 61.2 Å². The third-order valence-electron chi connectivity index (χ3n) is 4.15. The monoisotopic (exact) mass is 405 g/mol. The van der Waals surface area contributed by atoms with Crippen LogP contribution in [0.25, 0.3) is 0 Å². The molecule has 2 amide bonds. The van der Waals surface area contributed by atoms with Crippen LogP contribution in [0.2, 0.25) is 0 Å². The van der Waals surface area contributed by atoms with Gasteiger partial charge in [0.05, 0.1) is 6.04 Å². The molecule has 0 spiro atoms. The first-order valence-electron chi connectivity index (χ1n) is 9.61. The van der Waals surface area contributed by atoms with E-state index in [-0.39, 0.29) is 12.6 Å². The Bertz CT molecular complexity index is 745. The molecule has 1 aromatic carbocycles. The molecule has 1 heterocycles. The Kier molecular flexibility index (Phi) is 7.69. The lowest BCUT2D eigenvalue weighted by Crippen LogP contribution is -2.44. The van der Waals surface area contributed by atoms with E-state index in [4.69, 9.17) is 15.2 Å². The molecule has 0 aromatic heterocycles. The van der Waals surface area contributed by atoms with E-state index in [2.05, 4.69) is 20.5 Å². The lowest BCUT2D eigenvalue weighted by molar-refractivity contribution is -0.119. The fourth-order valence-electron chi connectivity index (χ4n) is 2.96. The number of carbonyl (C=O) groups is 2. The van der Waals surface area contributed by atoms with E-state index in [9.17, 15) is 9.59 Å². The minimum absolute atomic E-state index is 0.00827. The molecule has 9 heteroatoms. The third kappa shape index (κ3) is 7.89. The van der Waals surface area contributed by atoms with Crippen molar-refractivity contribution in [1.82, 2.24) is 15.5 Å². The second-order valence-corrected chi connectivity index (χ2v) is 7.88. The number of nitrogens with two attached hydrogens (primary N) is 1. The highest BCUT2D eigenvalue weighted by Gasteiger charge is 2.27. The van der Waals surface area contributed by atoms with Crippen molar-refractivity contribution in [2.45, 2.75) is 45.4 Å². The number of amides is 2. The molecule has 1 atom stereocenters. The van der Waals surface area contributed by atoms with Crippen LogP contribution in [0.3, 0.4) is 0 Å². The van der Waals surface area contributed by atoms with E-state index in [0.29, 0.717) is 18.8 Å². The van der Waals surface area contributed by atoms with Crippen LogP contribution >= 0.6 is 0 Å². The van der Waals surface area contributed by atoms with Gasteiger partial charge < -0.3 is 30.7 Å². The highest BCUT2D eigenvalue weighted by Crippen LogP contribution is 2.15. The Morgan fingerprint density at radius 2 is 2.10 bits per heavy atom. The van der Waals surface area contributed by atoms with E-state index in [1.165, 1.54) is 0 Å². The van der Waals surface area contributed by atoms with E-state index in [1.54, 1.807) is 13.1 Å². The van der Waals surface area contributed by atoms with Gasteiger partial charge in [-0.2, -0.15) is 0 Å². The molecule has 0 saturated carbocycles. The molecule has 0 bridgehead atoms. The van der Waals surface area contributed by atoms with Crippen molar-refractivity contribution in [3.05, 3.63) is 29.8 Å². The van der Waals surface area contributed by atoms with Crippen molar-refractivity contribution in [2.75, 3.05) is 26.7 Å². The Morgan fingerprint density at radius 1 is 1.34 bits per heavy atom. The average Bonchev–Trinajstić information content (AvgIpc) is 3.07. The van der Waals surface area contributed by atoms with Crippen LogP contribution in [0.4, 0.5) is 4.79 Å². The van der Waals surface area contributed by atoms with Crippen LogP contribution in [-0.2, 0) is 16.1 Å². The topological polar surface area (TPSA) is 118 Å². The molecule has 1 fully saturated rings. The third-order valence-corrected chi connectivity index (χ3v) is 4.15. The lowest BCUT2D eigenvalue weighted by Gasteiger charge is -2.23. The van der Waals surface area contributed by atoms with Gasteiger partial charge in [0, 0.05) is 26.7 Å². The Morgan fingerprint density at radius 3 is 2.76 bits per heavy atom. The summed E-state index contributed by atoms with van der Waals surface area (Å²) in [6, 6.07) is 7.43. The number of benzene rings is 1. The maximum absolute atomic E-state index is 12.0. The van der Waals surface area contributed by atoms with Gasteiger partial charge in [-0.3, -0.25) is 9.79 Å². The summed E-state index contributed by atoms with van der Waals surface area (Å²) in [6.45, 7) is 7.34. The zero-order valence-corrected chi connectivity index (χ0v) is 17.5. The number of aliphatic imine (C=N–C) groups is 1. The molecule has 9 nitrogen and oxygen atoms in total. The highest BCUT2D eigenvalue weighted by atomic mass is 16.6. The fourth-order valence-corrected chi connectivity index (χ4v) is 2.96. The normalized spacial score (nSPS) is 17.0. The Labute approximate surface area is 171 Å². The van der Waals surface area contributed by atoms with Crippen LogP contribution in [0.5, 0.6) is 5.75 Å². The first kappa shape index (κ1) is 22.3. The minimum atomic E-state index is -0.518. The minimum Gasteiger partial charge on any atom is -0.484 e. The molecule has 1 aliphatic heterocycles. The lowest BCUT2D eigenvalue weighted by atomic mass is 10.2. The average molecular weight is 405 g/mol. The Balaban J connectivity index is 1.84. The van der Waals surface area contributed by atoms with Gasteiger partial charge in [0.1, 0.15) is 11.4 Å². The van der Waals surface area contributed by atoms with Crippen LogP contribution < -0.4 is 21.1 Å². The first-order valence-corrected chi connectivity index (χ1v) is 9.61. The zero-order valence-electron chi connectivity index (χ0n) is 17.5. The van der Waals surface area contributed by atoms with E-state index >= 15 is 0 Å². The van der Waals surface area contributed by atoms with E-state index in [0.717, 1.165) is 24.5 Å². The van der Waals surface area contributed by atoms with Gasteiger partial charge in [-0.25, -0.2) is 4.79 Å². The summed E-state index contributed by atoms with van der Waals surface area (Å²) < 4.78 is 10.6. The molecular formula is C20H31N5O4. The van der Waals surface area contributed by atoms with Crippen LogP contribution in [0, 0.1) is 0 Å². The molecule has 0 radical (unpaired) electrons. The maximum atomic E-state index is 12.0. The number of rotatable bonds is 6. The van der Waals surface area contributed by atoms with Crippen molar-refractivity contribution < 1.29 is 19.1 Å². The van der Waals surface area contributed by atoms with E-state index < -0.39 is 17.6 Å². The molecule has 1 unspecified atom stereocenters. The second kappa shape index (κ2) is 9.99. The van der Waals surface area contributed by atoms with Crippen molar-refractivity contribution >= 4 is 18.0 Å². The van der Waals surface area contributed by atoms with Crippen LogP contribution in [0.15, 0.2) is 29.3 Å². The quantitative estimate of drug-likeness (QED) is 0.484. The van der Waals surface area contributed by atoms with Gasteiger partial charge in [0.2, 0.25) is 0 Å². The van der Waals surface area contributed by atoms with Crippen molar-refractivity contribution in [1.29, 1.82) is 0 Å². The standard InChI is InChI=1S/C20H31N5O4/c1-20(2,3)29-19(27)24-15-8-9-25(12-15)18(22-4)23-11-14-6-5-7-16(10-14)28-13-17(21)26/h5-7,10,15H,8-9,11-13H2,1-4H3,(H2,21,26)(H,22,23)(H,24,27). The number of ether oxygens (including phenoxy) is 2. The number of nitrogens with one attached hydrogen (secondary N) is 2. The molecule has 160 valence electrons. The first-order chi connectivity index (χ1) is 13.7.